The van der Waals surface area contributed by atoms with Gasteiger partial charge in [0.1, 0.15) is 11.1 Å². The SMILES string of the molecule is CCCc1ccc(C#N)c(SC(CC)C(=O)Nc2cccc(C)c2C)n1. The van der Waals surface area contributed by atoms with Crippen molar-refractivity contribution < 1.29 is 4.79 Å². The zero-order valence-corrected chi connectivity index (χ0v) is 16.6. The summed E-state index contributed by atoms with van der Waals surface area (Å²) in [6.07, 6.45) is 2.52. The maximum atomic E-state index is 12.8. The number of thioether (sulfide) groups is 1. The van der Waals surface area contributed by atoms with Crippen molar-refractivity contribution >= 4 is 23.4 Å². The van der Waals surface area contributed by atoms with E-state index in [2.05, 4.69) is 23.3 Å². The van der Waals surface area contributed by atoms with E-state index < -0.39 is 0 Å². The highest BCUT2D eigenvalue weighted by atomic mass is 32.2. The third kappa shape index (κ3) is 4.86. The van der Waals surface area contributed by atoms with Crippen LogP contribution in [0.4, 0.5) is 5.69 Å². The fraction of sp³-hybridized carbons (Fsp3) is 0.381. The molecule has 1 N–H and O–H groups in total. The molecule has 1 heterocycles. The fourth-order valence-corrected chi connectivity index (χ4v) is 3.62. The molecule has 5 heteroatoms. The van der Waals surface area contributed by atoms with Gasteiger partial charge in [-0.1, -0.05) is 44.2 Å². The molecule has 1 amide bonds. The monoisotopic (exact) mass is 367 g/mol. The van der Waals surface area contributed by atoms with E-state index in [0.29, 0.717) is 17.0 Å². The summed E-state index contributed by atoms with van der Waals surface area (Å²) in [5, 5.41) is 12.7. The molecule has 0 saturated carbocycles. The second-order valence-electron chi connectivity index (χ2n) is 6.27. The molecule has 1 aromatic carbocycles. The van der Waals surface area contributed by atoms with E-state index >= 15 is 0 Å². The number of nitriles is 1. The van der Waals surface area contributed by atoms with Crippen LogP contribution in [-0.2, 0) is 11.2 Å². The lowest BCUT2D eigenvalue weighted by atomic mass is 10.1. The Balaban J connectivity index is 2.21. The van der Waals surface area contributed by atoms with Crippen LogP contribution in [0.5, 0.6) is 0 Å². The van der Waals surface area contributed by atoms with E-state index in [-0.39, 0.29) is 11.2 Å². The van der Waals surface area contributed by atoms with Crippen molar-refractivity contribution in [3.05, 3.63) is 52.7 Å². The molecule has 0 fully saturated rings. The number of nitrogens with zero attached hydrogens (tertiary/aromatic N) is 2. The summed E-state index contributed by atoms with van der Waals surface area (Å²) in [7, 11) is 0. The maximum absolute atomic E-state index is 12.8. The second kappa shape index (κ2) is 9.40. The van der Waals surface area contributed by atoms with E-state index in [9.17, 15) is 10.1 Å². The first-order valence-electron chi connectivity index (χ1n) is 8.93. The molecular weight excluding hydrogens is 342 g/mol. The van der Waals surface area contributed by atoms with Gasteiger partial charge in [-0.25, -0.2) is 4.98 Å². The molecule has 136 valence electrons. The maximum Gasteiger partial charge on any atom is 0.237 e. The average molecular weight is 368 g/mol. The smallest absolute Gasteiger partial charge is 0.237 e. The summed E-state index contributed by atoms with van der Waals surface area (Å²) in [5.74, 6) is -0.0576. The quantitative estimate of drug-likeness (QED) is 0.697. The van der Waals surface area contributed by atoms with Crippen molar-refractivity contribution in [3.63, 3.8) is 0 Å². The van der Waals surface area contributed by atoms with Gasteiger partial charge >= 0.3 is 0 Å². The first-order valence-corrected chi connectivity index (χ1v) is 9.81. The summed E-state index contributed by atoms with van der Waals surface area (Å²) in [4.78, 5) is 17.4. The number of pyridine rings is 1. The normalized spacial score (nSPS) is 11.7. The zero-order valence-electron chi connectivity index (χ0n) is 15.8. The van der Waals surface area contributed by atoms with Crippen LogP contribution in [-0.4, -0.2) is 16.1 Å². The predicted molar refractivity (Wildman–Crippen MR) is 107 cm³/mol. The van der Waals surface area contributed by atoms with E-state index in [0.717, 1.165) is 35.3 Å². The van der Waals surface area contributed by atoms with Gasteiger partial charge in [-0.05, 0) is 56.0 Å². The van der Waals surface area contributed by atoms with Crippen molar-refractivity contribution in [3.8, 4) is 6.07 Å². The number of benzene rings is 1. The third-order valence-corrected chi connectivity index (χ3v) is 5.69. The highest BCUT2D eigenvalue weighted by Crippen LogP contribution is 2.29. The highest BCUT2D eigenvalue weighted by molar-refractivity contribution is 8.00. The second-order valence-corrected chi connectivity index (χ2v) is 7.46. The lowest BCUT2D eigenvalue weighted by molar-refractivity contribution is -0.115. The van der Waals surface area contributed by atoms with Gasteiger partial charge in [0.15, 0.2) is 0 Å². The Hall–Kier alpha value is -2.32. The number of amides is 1. The number of nitrogens with one attached hydrogen (secondary N) is 1. The Bertz CT molecular complexity index is 826. The molecule has 1 unspecified atom stereocenters. The van der Waals surface area contributed by atoms with E-state index in [1.54, 1.807) is 6.07 Å². The van der Waals surface area contributed by atoms with Gasteiger partial charge in [0.2, 0.25) is 5.91 Å². The summed E-state index contributed by atoms with van der Waals surface area (Å²) in [5.41, 5.74) is 4.53. The number of hydrogen-bond donors (Lipinski definition) is 1. The number of rotatable bonds is 7. The van der Waals surface area contributed by atoms with Crippen LogP contribution in [0.2, 0.25) is 0 Å². The average Bonchev–Trinajstić information content (AvgIpc) is 2.64. The molecule has 2 rings (SSSR count). The molecule has 1 atom stereocenters. The van der Waals surface area contributed by atoms with E-state index in [1.165, 1.54) is 11.8 Å². The summed E-state index contributed by atoms with van der Waals surface area (Å²) >= 11 is 1.37. The Morgan fingerprint density at radius 3 is 2.69 bits per heavy atom. The number of hydrogen-bond acceptors (Lipinski definition) is 4. The fourth-order valence-electron chi connectivity index (χ4n) is 2.61. The molecule has 1 aromatic heterocycles. The molecule has 0 aliphatic rings. The molecule has 2 aromatic rings. The highest BCUT2D eigenvalue weighted by Gasteiger charge is 2.21. The zero-order chi connectivity index (χ0) is 19.1. The van der Waals surface area contributed by atoms with Gasteiger partial charge in [0.05, 0.1) is 10.8 Å². The predicted octanol–water partition coefficient (Wildman–Crippen LogP) is 5.03. The standard InChI is InChI=1S/C21H25N3OS/c1-5-8-17-12-11-16(13-22)21(23-17)26-19(6-2)20(25)24-18-10-7-9-14(3)15(18)4/h7,9-12,19H,5-6,8H2,1-4H3,(H,24,25). The minimum absolute atomic E-state index is 0.0576. The molecule has 0 aliphatic heterocycles. The van der Waals surface area contributed by atoms with Crippen LogP contribution >= 0.6 is 11.8 Å². The molecule has 26 heavy (non-hydrogen) atoms. The number of anilines is 1. The first kappa shape index (κ1) is 20.0. The molecule has 0 saturated heterocycles. The lowest BCUT2D eigenvalue weighted by Crippen LogP contribution is -2.25. The molecule has 0 spiro atoms. The largest absolute Gasteiger partial charge is 0.325 e. The van der Waals surface area contributed by atoms with E-state index in [1.807, 2.05) is 45.0 Å². The number of aromatic nitrogens is 1. The van der Waals surface area contributed by atoms with Gasteiger partial charge in [-0.2, -0.15) is 5.26 Å². The molecule has 4 nitrogen and oxygen atoms in total. The van der Waals surface area contributed by atoms with Crippen LogP contribution < -0.4 is 5.32 Å². The number of carbonyl (C=O) groups excluding carboxylic acids is 1. The minimum atomic E-state index is -0.300. The summed E-state index contributed by atoms with van der Waals surface area (Å²) in [6.45, 7) is 8.10. The molecule has 0 aliphatic carbocycles. The van der Waals surface area contributed by atoms with Crippen LogP contribution in [0.15, 0.2) is 35.4 Å². The van der Waals surface area contributed by atoms with E-state index in [4.69, 9.17) is 0 Å². The van der Waals surface area contributed by atoms with Gasteiger partial charge in [-0.15, -0.1) is 0 Å². The van der Waals surface area contributed by atoms with Crippen LogP contribution in [0.25, 0.3) is 0 Å². The molecule has 0 bridgehead atoms. The minimum Gasteiger partial charge on any atom is -0.325 e. The van der Waals surface area contributed by atoms with Crippen LogP contribution in [0, 0.1) is 25.2 Å². The summed E-state index contributed by atoms with van der Waals surface area (Å²) < 4.78 is 0. The van der Waals surface area contributed by atoms with Crippen molar-refractivity contribution in [2.75, 3.05) is 5.32 Å². The number of carbonyl (C=O) groups is 1. The van der Waals surface area contributed by atoms with Gasteiger partial charge in [0.25, 0.3) is 0 Å². The third-order valence-electron chi connectivity index (χ3n) is 4.32. The number of aryl methyl sites for hydroxylation is 2. The van der Waals surface area contributed by atoms with Crippen LogP contribution in [0.1, 0.15) is 49.1 Å². The van der Waals surface area contributed by atoms with Crippen molar-refractivity contribution in [1.29, 1.82) is 5.26 Å². The topological polar surface area (TPSA) is 65.8 Å². The van der Waals surface area contributed by atoms with Crippen molar-refractivity contribution in [1.82, 2.24) is 4.98 Å². The van der Waals surface area contributed by atoms with Gasteiger partial charge in [0, 0.05) is 11.4 Å². The Morgan fingerprint density at radius 1 is 1.27 bits per heavy atom. The molecular formula is C21H25N3OS. The Morgan fingerprint density at radius 2 is 2.04 bits per heavy atom. The summed E-state index contributed by atoms with van der Waals surface area (Å²) in [6, 6.07) is 11.8. The lowest BCUT2D eigenvalue weighted by Gasteiger charge is -2.17. The molecule has 0 radical (unpaired) electrons. The van der Waals surface area contributed by atoms with Crippen LogP contribution in [0.3, 0.4) is 0 Å². The van der Waals surface area contributed by atoms with Crippen molar-refractivity contribution in [2.45, 2.75) is 57.2 Å². The van der Waals surface area contributed by atoms with Crippen molar-refractivity contribution in [2.24, 2.45) is 0 Å². The first-order chi connectivity index (χ1) is 12.5. The Kier molecular flexibility index (Phi) is 7.23. The van der Waals surface area contributed by atoms with Gasteiger partial charge in [-0.3, -0.25) is 4.79 Å². The van der Waals surface area contributed by atoms with Gasteiger partial charge < -0.3 is 5.32 Å². The Labute approximate surface area is 160 Å².